The number of amides is 2. The van der Waals surface area contributed by atoms with Crippen LogP contribution in [0.3, 0.4) is 0 Å². The normalized spacial score (nSPS) is 11.8. The van der Waals surface area contributed by atoms with Gasteiger partial charge in [0.15, 0.2) is 5.65 Å². The Hall–Kier alpha value is -4.02. The van der Waals surface area contributed by atoms with Crippen molar-refractivity contribution in [1.29, 1.82) is 0 Å². The van der Waals surface area contributed by atoms with Crippen molar-refractivity contribution in [1.82, 2.24) is 35.4 Å². The summed E-state index contributed by atoms with van der Waals surface area (Å²) in [5.41, 5.74) is 2.26. The number of aromatic nitrogens is 5. The van der Waals surface area contributed by atoms with E-state index in [-0.39, 0.29) is 11.7 Å². The van der Waals surface area contributed by atoms with Crippen LogP contribution in [0.2, 0.25) is 0 Å². The summed E-state index contributed by atoms with van der Waals surface area (Å²) in [7, 11) is 1.72. The Labute approximate surface area is 188 Å². The summed E-state index contributed by atoms with van der Waals surface area (Å²) in [6.07, 6.45) is 3.19. The predicted octanol–water partition coefficient (Wildman–Crippen LogP) is 3.21. The molecule has 0 fully saturated rings. The largest absolute Gasteiger partial charge is 0.465 e. The zero-order valence-electron chi connectivity index (χ0n) is 18.4. The molecule has 10 nitrogen and oxygen atoms in total. The molecule has 0 spiro atoms. The first-order valence-electron chi connectivity index (χ1n) is 10.4. The van der Waals surface area contributed by atoms with Crippen LogP contribution < -0.4 is 10.6 Å². The number of benzene rings is 1. The number of nitrogens with one attached hydrogen (secondary N) is 3. The first-order valence-corrected chi connectivity index (χ1v) is 10.4. The van der Waals surface area contributed by atoms with Crippen LogP contribution in [0.5, 0.6) is 0 Å². The molecule has 0 atom stereocenters. The van der Waals surface area contributed by atoms with Crippen molar-refractivity contribution in [3.8, 4) is 11.4 Å². The maximum atomic E-state index is 13.7. The van der Waals surface area contributed by atoms with Gasteiger partial charge in [-0.1, -0.05) is 0 Å². The summed E-state index contributed by atoms with van der Waals surface area (Å²) >= 11 is 0. The highest BCUT2D eigenvalue weighted by molar-refractivity contribution is 6.05. The highest BCUT2D eigenvalue weighted by Gasteiger charge is 2.24. The zero-order valence-corrected chi connectivity index (χ0v) is 18.4. The molecule has 33 heavy (non-hydrogen) atoms. The Morgan fingerprint density at radius 3 is 2.85 bits per heavy atom. The van der Waals surface area contributed by atoms with E-state index in [0.29, 0.717) is 53.0 Å². The SMILES string of the molecule is Cn1nc(-c2cnc3[nH]cc(C(=O)NC(C)(C)CCCNC(=O)O)c3n2)c2ccc(F)cc21. The highest BCUT2D eigenvalue weighted by atomic mass is 19.1. The quantitative estimate of drug-likeness (QED) is 0.317. The number of aryl methyl sites for hydroxylation is 1. The van der Waals surface area contributed by atoms with Gasteiger partial charge in [0.2, 0.25) is 0 Å². The molecule has 0 saturated carbocycles. The molecule has 4 aromatic rings. The Balaban J connectivity index is 1.60. The minimum absolute atomic E-state index is 0.304. The van der Waals surface area contributed by atoms with Crippen molar-refractivity contribution in [2.24, 2.45) is 7.05 Å². The van der Waals surface area contributed by atoms with Crippen molar-refractivity contribution in [2.75, 3.05) is 6.54 Å². The summed E-state index contributed by atoms with van der Waals surface area (Å²) in [5, 5.41) is 19.2. The van der Waals surface area contributed by atoms with Crippen LogP contribution in [-0.2, 0) is 7.05 Å². The van der Waals surface area contributed by atoms with Crippen molar-refractivity contribution in [2.45, 2.75) is 32.2 Å². The minimum atomic E-state index is -1.07. The lowest BCUT2D eigenvalue weighted by atomic mass is 9.98. The summed E-state index contributed by atoms with van der Waals surface area (Å²) in [5.74, 6) is -0.679. The van der Waals surface area contributed by atoms with Gasteiger partial charge in [-0.2, -0.15) is 5.10 Å². The first kappa shape index (κ1) is 22.2. The monoisotopic (exact) mass is 453 g/mol. The maximum Gasteiger partial charge on any atom is 0.404 e. The fourth-order valence-corrected chi connectivity index (χ4v) is 3.76. The lowest BCUT2D eigenvalue weighted by Gasteiger charge is -2.26. The van der Waals surface area contributed by atoms with Gasteiger partial charge < -0.3 is 20.7 Å². The summed E-state index contributed by atoms with van der Waals surface area (Å²) in [4.78, 5) is 35.6. The zero-order chi connectivity index (χ0) is 23.8. The topological polar surface area (TPSA) is 138 Å². The van der Waals surface area contributed by atoms with Crippen LogP contribution >= 0.6 is 0 Å². The molecule has 2 amide bonds. The van der Waals surface area contributed by atoms with Gasteiger partial charge in [0.05, 0.1) is 17.3 Å². The molecule has 172 valence electrons. The number of hydrogen-bond donors (Lipinski definition) is 4. The molecule has 11 heteroatoms. The third kappa shape index (κ3) is 4.61. The van der Waals surface area contributed by atoms with Crippen molar-refractivity contribution >= 4 is 34.1 Å². The number of carboxylic acid groups (broad SMARTS) is 1. The predicted molar refractivity (Wildman–Crippen MR) is 120 cm³/mol. The highest BCUT2D eigenvalue weighted by Crippen LogP contribution is 2.28. The van der Waals surface area contributed by atoms with Gasteiger partial charge in [-0.05, 0) is 44.9 Å². The number of hydrogen-bond acceptors (Lipinski definition) is 5. The lowest BCUT2D eigenvalue weighted by Crippen LogP contribution is -2.43. The molecule has 0 unspecified atom stereocenters. The number of aromatic amines is 1. The van der Waals surface area contributed by atoms with Crippen LogP contribution in [0, 0.1) is 5.82 Å². The fourth-order valence-electron chi connectivity index (χ4n) is 3.76. The fraction of sp³-hybridized carbons (Fsp3) is 0.318. The molecule has 3 heterocycles. The van der Waals surface area contributed by atoms with Crippen LogP contribution in [-0.4, -0.2) is 53.9 Å². The van der Waals surface area contributed by atoms with Gasteiger partial charge in [-0.25, -0.2) is 19.2 Å². The van der Waals surface area contributed by atoms with Crippen molar-refractivity contribution in [3.63, 3.8) is 0 Å². The number of rotatable bonds is 7. The first-order chi connectivity index (χ1) is 15.6. The van der Waals surface area contributed by atoms with Crippen molar-refractivity contribution < 1.29 is 19.1 Å². The van der Waals surface area contributed by atoms with Gasteiger partial charge in [-0.3, -0.25) is 9.48 Å². The average Bonchev–Trinajstić information content (AvgIpc) is 3.31. The Bertz CT molecular complexity index is 1360. The van der Waals surface area contributed by atoms with E-state index >= 15 is 0 Å². The van der Waals surface area contributed by atoms with Gasteiger partial charge in [0.25, 0.3) is 5.91 Å². The third-order valence-corrected chi connectivity index (χ3v) is 5.39. The van der Waals surface area contributed by atoms with Gasteiger partial charge >= 0.3 is 6.09 Å². The Morgan fingerprint density at radius 1 is 1.30 bits per heavy atom. The molecular weight excluding hydrogens is 429 g/mol. The van der Waals surface area contributed by atoms with Gasteiger partial charge in [-0.15, -0.1) is 0 Å². The molecule has 4 rings (SSSR count). The third-order valence-electron chi connectivity index (χ3n) is 5.39. The molecule has 0 saturated heterocycles. The molecule has 4 N–H and O–H groups in total. The van der Waals surface area contributed by atoms with E-state index in [9.17, 15) is 14.0 Å². The molecule has 0 aliphatic rings. The van der Waals surface area contributed by atoms with Gasteiger partial charge in [0.1, 0.15) is 22.7 Å². The van der Waals surface area contributed by atoms with Crippen LogP contribution in [0.15, 0.2) is 30.6 Å². The number of nitrogens with zero attached hydrogens (tertiary/aromatic N) is 4. The number of carbonyl (C=O) groups is 2. The van der Waals surface area contributed by atoms with E-state index in [2.05, 4.69) is 30.7 Å². The minimum Gasteiger partial charge on any atom is -0.465 e. The van der Waals surface area contributed by atoms with Crippen LogP contribution in [0.25, 0.3) is 33.5 Å². The molecule has 0 radical (unpaired) electrons. The number of carbonyl (C=O) groups excluding carboxylic acids is 1. The maximum absolute atomic E-state index is 13.7. The molecular formula is C22H24FN7O3. The Kier molecular flexibility index (Phi) is 5.71. The Morgan fingerprint density at radius 2 is 2.09 bits per heavy atom. The molecule has 1 aromatic carbocycles. The number of H-pyrrole nitrogens is 1. The van der Waals surface area contributed by atoms with E-state index in [1.807, 2.05) is 13.8 Å². The second-order valence-corrected chi connectivity index (χ2v) is 8.46. The van der Waals surface area contributed by atoms with E-state index in [1.54, 1.807) is 30.2 Å². The smallest absolute Gasteiger partial charge is 0.404 e. The van der Waals surface area contributed by atoms with Crippen LogP contribution in [0.4, 0.5) is 9.18 Å². The van der Waals surface area contributed by atoms with E-state index in [4.69, 9.17) is 5.11 Å². The number of halogens is 1. The molecule has 0 aliphatic carbocycles. The average molecular weight is 453 g/mol. The van der Waals surface area contributed by atoms with E-state index in [1.165, 1.54) is 12.1 Å². The second kappa shape index (κ2) is 8.49. The van der Waals surface area contributed by atoms with E-state index in [0.717, 1.165) is 5.39 Å². The van der Waals surface area contributed by atoms with Crippen molar-refractivity contribution in [3.05, 3.63) is 42.0 Å². The lowest BCUT2D eigenvalue weighted by molar-refractivity contribution is 0.0909. The van der Waals surface area contributed by atoms with Crippen LogP contribution in [0.1, 0.15) is 37.0 Å². The second-order valence-electron chi connectivity index (χ2n) is 8.46. The number of fused-ring (bicyclic) bond motifs is 2. The van der Waals surface area contributed by atoms with Gasteiger partial charge in [0, 0.05) is 30.7 Å². The summed E-state index contributed by atoms with van der Waals surface area (Å²) in [6.45, 7) is 4.05. The molecule has 3 aromatic heterocycles. The van der Waals surface area contributed by atoms with E-state index < -0.39 is 11.6 Å². The summed E-state index contributed by atoms with van der Waals surface area (Å²) < 4.78 is 15.2. The standard InChI is InChI=1S/C22H24FN7O3/c1-22(2,7-4-8-24-21(32)33)28-20(31)14-10-25-19-18(14)27-15(11-26-19)17-13-6-5-12(23)9-16(13)30(3)29-17/h5-6,9-11,24H,4,7-8H2,1-3H3,(H,25,26)(H,28,31)(H,32,33). The molecule has 0 bridgehead atoms. The summed E-state index contributed by atoms with van der Waals surface area (Å²) in [6, 6.07) is 4.41. The molecule has 0 aliphatic heterocycles.